The minimum atomic E-state index is -4.84. The molecular formula is C42H55N4Na3O14S4. The maximum atomic E-state index is 12.3. The first-order valence-electron chi connectivity index (χ1n) is 20.5. The van der Waals surface area contributed by atoms with Crippen molar-refractivity contribution in [1.82, 2.24) is 5.32 Å². The minimum Gasteiger partial charge on any atom is -0.748 e. The number of nitrogens with one attached hydrogen (secondary N) is 1. The van der Waals surface area contributed by atoms with Gasteiger partial charge in [-0.25, -0.2) is 33.7 Å². The Morgan fingerprint density at radius 3 is 1.97 bits per heavy atom. The van der Waals surface area contributed by atoms with Gasteiger partial charge in [0.25, 0.3) is 0 Å². The minimum absolute atomic E-state index is 0. The van der Waals surface area contributed by atoms with Gasteiger partial charge < -0.3 is 38.9 Å². The molecule has 0 spiro atoms. The molecular weight excluding hydrogens is 982 g/mol. The van der Waals surface area contributed by atoms with Gasteiger partial charge in [-0.2, -0.15) is 4.58 Å². The zero-order chi connectivity index (χ0) is 47.7. The molecule has 0 radical (unpaired) electrons. The van der Waals surface area contributed by atoms with E-state index >= 15 is 0 Å². The van der Waals surface area contributed by atoms with Crippen LogP contribution in [0.15, 0.2) is 93.9 Å². The van der Waals surface area contributed by atoms with Crippen molar-refractivity contribution in [1.29, 1.82) is 0 Å². The number of anilines is 1. The van der Waals surface area contributed by atoms with Gasteiger partial charge in [-0.05, 0) is 93.6 Å². The van der Waals surface area contributed by atoms with Gasteiger partial charge >= 0.3 is 88.7 Å². The van der Waals surface area contributed by atoms with Crippen LogP contribution in [0.3, 0.4) is 0 Å². The van der Waals surface area contributed by atoms with Crippen molar-refractivity contribution in [2.24, 2.45) is 5.73 Å². The second-order valence-corrected chi connectivity index (χ2v) is 22.3. The summed E-state index contributed by atoms with van der Waals surface area (Å²) in [5.74, 6) is -1.79. The molecule has 4 rings (SSSR count). The van der Waals surface area contributed by atoms with Gasteiger partial charge in [-0.15, -0.1) is 0 Å². The third-order valence-corrected chi connectivity index (χ3v) is 14.0. The molecule has 67 heavy (non-hydrogen) atoms. The molecule has 0 bridgehead atoms. The van der Waals surface area contributed by atoms with Crippen LogP contribution in [0.4, 0.5) is 11.4 Å². The normalized spacial score (nSPS) is 16.5. The zero-order valence-corrected chi connectivity index (χ0v) is 48.4. The van der Waals surface area contributed by atoms with Crippen molar-refractivity contribution in [2.45, 2.75) is 86.8 Å². The van der Waals surface area contributed by atoms with Crippen LogP contribution in [-0.4, -0.2) is 119 Å². The molecule has 0 aromatic heterocycles. The number of nitrogens with zero attached hydrogens (tertiary/aromatic N) is 2. The molecule has 3 N–H and O–H groups in total. The average Bonchev–Trinajstić information content (AvgIpc) is 3.53. The number of hydrogen-bond acceptors (Lipinski definition) is 16. The Balaban J connectivity index is 0.00000748. The summed E-state index contributed by atoms with van der Waals surface area (Å²) in [6, 6.07) is 7.48. The smallest absolute Gasteiger partial charge is 0.748 e. The summed E-state index contributed by atoms with van der Waals surface area (Å²) in [7, 11) is -19.0. The van der Waals surface area contributed by atoms with E-state index in [1.54, 1.807) is 73.6 Å². The number of nitrogens with two attached hydrogens (primary N) is 1. The fourth-order valence-corrected chi connectivity index (χ4v) is 9.51. The quantitative estimate of drug-likeness (QED) is 0.0325. The molecule has 2 aromatic rings. The summed E-state index contributed by atoms with van der Waals surface area (Å²) < 4.78 is 149. The summed E-state index contributed by atoms with van der Waals surface area (Å²) in [4.78, 5) is 13.0. The summed E-state index contributed by atoms with van der Waals surface area (Å²) in [6.45, 7) is 7.68. The Morgan fingerprint density at radius 1 is 0.776 bits per heavy atom. The molecule has 0 atom stereocenters. The number of carbonyl (C=O) groups excluding carboxylic acids is 1. The van der Waals surface area contributed by atoms with E-state index in [9.17, 15) is 56.7 Å². The topological polar surface area (TPSA) is 299 Å². The molecule has 25 heteroatoms. The molecule has 0 unspecified atom stereocenters. The molecule has 0 fully saturated rings. The Morgan fingerprint density at radius 2 is 1.37 bits per heavy atom. The Bertz CT molecular complexity index is 2690. The number of amides is 1. The summed E-state index contributed by atoms with van der Waals surface area (Å²) in [5, 5.41) is 2.82. The van der Waals surface area contributed by atoms with Gasteiger partial charge in [-0.1, -0.05) is 51.0 Å². The second kappa shape index (κ2) is 27.1. The Kier molecular flexibility index (Phi) is 25.8. The van der Waals surface area contributed by atoms with Crippen molar-refractivity contribution < 1.29 is 155 Å². The molecule has 2 aliphatic rings. The Hall–Kier alpha value is -1.10. The largest absolute Gasteiger partial charge is 1.00 e. The van der Waals surface area contributed by atoms with Crippen molar-refractivity contribution in [3.8, 4) is 0 Å². The molecule has 2 aromatic carbocycles. The first-order valence-corrected chi connectivity index (χ1v) is 26.4. The van der Waals surface area contributed by atoms with E-state index in [2.05, 4.69) is 5.32 Å². The van der Waals surface area contributed by atoms with Crippen molar-refractivity contribution in [3.05, 3.63) is 95.3 Å². The SMILES string of the molecule is CC1(C)C(/C=C/C=C(/C=C/C=C2/N(CCS(=O)(=O)[O-])c3ccc(S(=O)(=O)[O-])cc3C2(C)C)CCCOCC(=O)NCCCCCCN)=[N+](CCS(=O)(=O)[O-])c2ccc(S(=O)(=O)[O-])cc21.[Na+].[Na+].[Na+]. The van der Waals surface area contributed by atoms with Crippen molar-refractivity contribution in [3.63, 3.8) is 0 Å². The van der Waals surface area contributed by atoms with Crippen LogP contribution in [-0.2, 0) is 60.8 Å². The van der Waals surface area contributed by atoms with E-state index in [4.69, 9.17) is 10.5 Å². The predicted molar refractivity (Wildman–Crippen MR) is 236 cm³/mol. The standard InChI is InChI=1S/C42H58N4O14S4.3Na/c1-41(2)34-28-32(63(54,55)56)17-19-36(34)45(23-26-61(48,49)50)38(41)15-9-12-31(14-11-25-60-30-40(47)44-22-8-6-5-7-21-43)13-10-16-39-42(3,4)35-29-33(64(57,58)59)18-20-37(35)46(39)24-27-62(51,52)53;;;/h9-10,12-13,15-20,28-29H,5-8,11,14,21-27,30,43H2,1-4H3,(H4-,44,47,48,49,50,51,52,53,54,55,56,57,58,59);;;/q;3*+1/p-3. The molecule has 0 saturated heterocycles. The maximum Gasteiger partial charge on any atom is 1.00 e. The van der Waals surface area contributed by atoms with Crippen molar-refractivity contribution in [2.75, 3.05) is 55.8 Å². The first-order chi connectivity index (χ1) is 29.7. The molecule has 0 aliphatic carbocycles. The number of ether oxygens (including phenoxy) is 1. The number of rotatable bonds is 24. The molecule has 354 valence electrons. The van der Waals surface area contributed by atoms with Gasteiger partial charge in [0.05, 0.1) is 36.8 Å². The van der Waals surface area contributed by atoms with Gasteiger partial charge in [0, 0.05) is 54.2 Å². The van der Waals surface area contributed by atoms with Crippen molar-refractivity contribution >= 4 is 63.5 Å². The average molecular weight is 1040 g/mol. The van der Waals surface area contributed by atoms with Crippen LogP contribution in [0, 0.1) is 0 Å². The number of carbonyl (C=O) groups is 1. The van der Waals surface area contributed by atoms with Crippen LogP contribution in [0.5, 0.6) is 0 Å². The molecule has 18 nitrogen and oxygen atoms in total. The van der Waals surface area contributed by atoms with Crippen LogP contribution in [0.1, 0.15) is 77.3 Å². The first kappa shape index (κ1) is 63.9. The van der Waals surface area contributed by atoms with E-state index < -0.39 is 72.6 Å². The molecule has 1 amide bonds. The van der Waals surface area contributed by atoms with Crippen LogP contribution < -0.4 is 105 Å². The maximum absolute atomic E-state index is 12.3. The number of allylic oxidation sites excluding steroid dienone is 8. The van der Waals surface area contributed by atoms with Gasteiger partial charge in [0.2, 0.25) is 11.6 Å². The Labute approximate surface area is 461 Å². The number of fused-ring (bicyclic) bond motifs is 2. The summed E-state index contributed by atoms with van der Waals surface area (Å²) >= 11 is 0. The van der Waals surface area contributed by atoms with E-state index in [1.165, 1.54) is 24.3 Å². The van der Waals surface area contributed by atoms with E-state index in [0.29, 0.717) is 65.4 Å². The number of unbranched alkanes of at least 4 members (excludes halogenated alkanes) is 3. The third-order valence-electron chi connectivity index (χ3n) is 11.0. The fraction of sp³-hybridized carbons (Fsp3) is 0.476. The van der Waals surface area contributed by atoms with E-state index in [0.717, 1.165) is 37.8 Å². The van der Waals surface area contributed by atoms with Gasteiger partial charge in [0.1, 0.15) is 37.0 Å². The second-order valence-electron chi connectivity index (χ2n) is 16.4. The van der Waals surface area contributed by atoms with Gasteiger partial charge in [-0.3, -0.25) is 4.79 Å². The van der Waals surface area contributed by atoms with E-state index in [-0.39, 0.29) is 121 Å². The van der Waals surface area contributed by atoms with Crippen LogP contribution in [0.2, 0.25) is 0 Å². The third kappa shape index (κ3) is 18.8. The zero-order valence-electron chi connectivity index (χ0n) is 39.1. The molecule has 0 saturated carbocycles. The summed E-state index contributed by atoms with van der Waals surface area (Å²) in [5.41, 5.74) is 6.94. The van der Waals surface area contributed by atoms with Crippen LogP contribution >= 0.6 is 0 Å². The summed E-state index contributed by atoms with van der Waals surface area (Å²) in [6.07, 6.45) is 14.7. The van der Waals surface area contributed by atoms with Gasteiger partial charge in [0.15, 0.2) is 12.3 Å². The monoisotopic (exact) mass is 1040 g/mol. The predicted octanol–water partition coefficient (Wildman–Crippen LogP) is -5.87. The molecule has 2 heterocycles. The number of benzene rings is 2. The van der Waals surface area contributed by atoms with Crippen LogP contribution in [0.25, 0.3) is 0 Å². The fourth-order valence-electron chi connectivity index (χ4n) is 7.70. The van der Waals surface area contributed by atoms with E-state index in [1.807, 2.05) is 0 Å². The molecule has 2 aliphatic heterocycles. The number of hydrogen-bond donors (Lipinski definition) is 2.